The topological polar surface area (TPSA) is 81.1 Å². The molecular formula is C13H24N2O3ReS2-4. The van der Waals surface area contributed by atoms with Gasteiger partial charge in [-0.05, 0) is 33.0 Å². The molecule has 2 fully saturated rings. The molecule has 0 spiro atoms. The summed E-state index contributed by atoms with van der Waals surface area (Å²) in [7, 11) is 2.03. The van der Waals surface area contributed by atoms with Crippen molar-refractivity contribution in [1.82, 2.24) is 10.2 Å². The molecule has 0 unspecified atom stereocenters. The molecule has 0 aromatic heterocycles. The average molecular weight is 507 g/mol. The van der Waals surface area contributed by atoms with Crippen LogP contribution < -0.4 is 5.32 Å². The van der Waals surface area contributed by atoms with E-state index in [0.717, 1.165) is 19.5 Å². The average Bonchev–Trinajstić information content (AvgIpc) is 2.74. The van der Waals surface area contributed by atoms with E-state index in [4.69, 9.17) is 25.3 Å². The van der Waals surface area contributed by atoms with Crippen molar-refractivity contribution in [3.63, 3.8) is 0 Å². The number of aliphatic hydroxyl groups excluding tert-OH is 1. The molecule has 0 saturated carbocycles. The maximum atomic E-state index is 10.9. The number of carbonyl (C=O) groups excluding carboxylic acids is 1. The van der Waals surface area contributed by atoms with Gasteiger partial charge in [0.05, 0.1) is 6.10 Å². The Labute approximate surface area is 152 Å². The van der Waals surface area contributed by atoms with E-state index >= 15 is 0 Å². The fourth-order valence-corrected chi connectivity index (χ4v) is 2.94. The molecule has 0 aliphatic carbocycles. The van der Waals surface area contributed by atoms with E-state index in [1.807, 2.05) is 14.0 Å². The van der Waals surface area contributed by atoms with Gasteiger partial charge in [-0.25, -0.2) is 0 Å². The summed E-state index contributed by atoms with van der Waals surface area (Å²) in [5.41, 5.74) is -0.185. The zero-order chi connectivity index (χ0) is 14.5. The predicted octanol–water partition coefficient (Wildman–Crippen LogP) is -0.278. The minimum Gasteiger partial charge on any atom is -2.00 e. The summed E-state index contributed by atoms with van der Waals surface area (Å²) in [4.78, 5) is 13.1. The van der Waals surface area contributed by atoms with E-state index < -0.39 is 0 Å². The molecule has 0 amide bonds. The number of hydrogen-bond donors (Lipinski definition) is 2. The van der Waals surface area contributed by atoms with E-state index in [1.54, 1.807) is 0 Å². The van der Waals surface area contributed by atoms with Gasteiger partial charge in [0.2, 0.25) is 0 Å². The van der Waals surface area contributed by atoms with Crippen LogP contribution in [0.5, 0.6) is 0 Å². The molecule has 3 atom stereocenters. The Morgan fingerprint density at radius 2 is 2.10 bits per heavy atom. The van der Waals surface area contributed by atoms with Gasteiger partial charge < -0.3 is 46.1 Å². The van der Waals surface area contributed by atoms with Crippen molar-refractivity contribution >= 4 is 31.0 Å². The van der Waals surface area contributed by atoms with E-state index in [-0.39, 0.29) is 37.5 Å². The molecule has 127 valence electrons. The Morgan fingerprint density at radius 1 is 1.48 bits per heavy atom. The number of Topliss-reactive ketones (excluding diaryl/α,β-unsaturated/α-hetero) is 1. The number of carbonyl (C=O) groups is 1. The summed E-state index contributed by atoms with van der Waals surface area (Å²) in [6.45, 7) is 3.76. The van der Waals surface area contributed by atoms with Gasteiger partial charge in [-0.3, -0.25) is 4.79 Å². The second kappa shape index (κ2) is 11.4. The Balaban J connectivity index is 0. The van der Waals surface area contributed by atoms with Crippen molar-refractivity contribution < 1.29 is 35.8 Å². The van der Waals surface area contributed by atoms with Gasteiger partial charge in [-0.1, -0.05) is 0 Å². The van der Waals surface area contributed by atoms with Crippen molar-refractivity contribution in [2.45, 2.75) is 43.9 Å². The molecule has 1 radical (unpaired) electrons. The summed E-state index contributed by atoms with van der Waals surface area (Å²) in [6.07, 6.45) is 1.98. The van der Waals surface area contributed by atoms with Gasteiger partial charge in [0, 0.05) is 45.3 Å². The SMILES string of the molecule is CN1CCC(=O)C[C@@H]1C[S-].C[C@]1(C[S-])NCC[C@@H]1O.[O-2].[Re]. The van der Waals surface area contributed by atoms with Crippen molar-refractivity contribution in [2.24, 2.45) is 0 Å². The van der Waals surface area contributed by atoms with Gasteiger partial charge in [-0.15, -0.1) is 0 Å². The number of aliphatic hydroxyl groups is 1. The quantitative estimate of drug-likeness (QED) is 0.502. The van der Waals surface area contributed by atoms with Gasteiger partial charge in [0.25, 0.3) is 0 Å². The first-order valence-corrected chi connectivity index (χ1v) is 7.89. The van der Waals surface area contributed by atoms with Crippen LogP contribution >= 0.6 is 0 Å². The molecule has 2 aliphatic heterocycles. The zero-order valence-corrected chi connectivity index (χ0v) is 16.9. The van der Waals surface area contributed by atoms with Crippen LogP contribution in [0.4, 0.5) is 0 Å². The van der Waals surface area contributed by atoms with E-state index in [0.29, 0.717) is 36.2 Å². The van der Waals surface area contributed by atoms with Crippen LogP contribution in [0.2, 0.25) is 0 Å². The zero-order valence-electron chi connectivity index (χ0n) is 12.5. The molecule has 2 heterocycles. The maximum Gasteiger partial charge on any atom is 0.135 e. The first kappa shape index (κ1) is 24.1. The summed E-state index contributed by atoms with van der Waals surface area (Å²) in [5.74, 6) is 1.64. The number of hydrogen-bond acceptors (Lipinski definition) is 6. The fraction of sp³-hybridized carbons (Fsp3) is 0.923. The largest absolute Gasteiger partial charge is 2.00 e. The van der Waals surface area contributed by atoms with Gasteiger partial charge in [0.1, 0.15) is 5.78 Å². The monoisotopic (exact) mass is 507 g/mol. The molecule has 21 heavy (non-hydrogen) atoms. The summed E-state index contributed by atoms with van der Waals surface area (Å²) >= 11 is 9.79. The van der Waals surface area contributed by atoms with Crippen LogP contribution in [-0.4, -0.2) is 65.1 Å². The van der Waals surface area contributed by atoms with Crippen LogP contribution in [0.15, 0.2) is 0 Å². The van der Waals surface area contributed by atoms with Crippen molar-refractivity contribution in [3.05, 3.63) is 0 Å². The molecule has 8 heteroatoms. The standard InChI is InChI=1S/C7H13NOS.C6H13NOS.O.Re/c1-8-3-2-7(9)4-6(8)5-10;1-6(4-9)5(8)2-3-7-6;;/h6,10H,2-5H2,1H3;5,7-9H,2-4H2,1H3;;/q;;-2;/p-2/t6-;5-,6+;;/m10../s1. The molecule has 0 bridgehead atoms. The third-order valence-electron chi connectivity index (χ3n) is 4.00. The molecule has 2 rings (SSSR count). The molecule has 5 nitrogen and oxygen atoms in total. The van der Waals surface area contributed by atoms with Crippen LogP contribution in [0.1, 0.15) is 26.2 Å². The Kier molecular flexibility index (Phi) is 13.1. The summed E-state index contributed by atoms with van der Waals surface area (Å²) in [6, 6.07) is 0.330. The van der Waals surface area contributed by atoms with Crippen molar-refractivity contribution in [3.8, 4) is 0 Å². The molecule has 2 aliphatic rings. The van der Waals surface area contributed by atoms with Crippen LogP contribution in [0, 0.1) is 0 Å². The third kappa shape index (κ3) is 7.32. The van der Waals surface area contributed by atoms with Crippen LogP contribution in [0.25, 0.3) is 0 Å². The fourth-order valence-electron chi connectivity index (χ4n) is 2.27. The molecule has 2 N–H and O–H groups in total. The van der Waals surface area contributed by atoms with Crippen molar-refractivity contribution in [1.29, 1.82) is 0 Å². The van der Waals surface area contributed by atoms with Gasteiger partial charge >= 0.3 is 0 Å². The number of nitrogens with one attached hydrogen (secondary N) is 1. The maximum absolute atomic E-state index is 10.9. The Hall–Kier alpha value is 0.872. The van der Waals surface area contributed by atoms with E-state index in [1.165, 1.54) is 0 Å². The number of piperidine rings is 1. The minimum absolute atomic E-state index is 0. The normalized spacial score (nSPS) is 32.5. The molecule has 0 aromatic carbocycles. The molecule has 0 aromatic rings. The first-order valence-electron chi connectivity index (χ1n) is 6.74. The Bertz CT molecular complexity index is 313. The Morgan fingerprint density at radius 3 is 2.43 bits per heavy atom. The predicted molar refractivity (Wildman–Crippen MR) is 82.8 cm³/mol. The smallest absolute Gasteiger partial charge is 0.135 e. The molecular weight excluding hydrogens is 482 g/mol. The summed E-state index contributed by atoms with van der Waals surface area (Å²) in [5, 5.41) is 12.5. The number of nitrogens with zero attached hydrogens (tertiary/aromatic N) is 1. The number of likely N-dealkylation sites (tertiary alicyclic amines) is 1. The number of rotatable bonds is 2. The minimum atomic E-state index is -0.241. The van der Waals surface area contributed by atoms with Crippen LogP contribution in [0.3, 0.4) is 0 Å². The second-order valence-corrected chi connectivity index (χ2v) is 6.21. The van der Waals surface area contributed by atoms with Gasteiger partial charge in [-0.2, -0.15) is 11.5 Å². The second-order valence-electron chi connectivity index (χ2n) is 5.59. The summed E-state index contributed by atoms with van der Waals surface area (Å²) < 4.78 is 0. The van der Waals surface area contributed by atoms with Crippen LogP contribution in [-0.2, 0) is 56.0 Å². The number of ketones is 1. The van der Waals surface area contributed by atoms with E-state index in [2.05, 4.69) is 10.2 Å². The van der Waals surface area contributed by atoms with Crippen molar-refractivity contribution in [2.75, 3.05) is 31.6 Å². The third-order valence-corrected chi connectivity index (χ3v) is 4.99. The van der Waals surface area contributed by atoms with Gasteiger partial charge in [0.15, 0.2) is 0 Å². The first-order chi connectivity index (χ1) is 8.92. The molecule has 2 saturated heterocycles. The van der Waals surface area contributed by atoms with E-state index in [9.17, 15) is 9.90 Å².